The van der Waals surface area contributed by atoms with Gasteiger partial charge in [-0.2, -0.15) is 0 Å². The van der Waals surface area contributed by atoms with Crippen molar-refractivity contribution in [3.8, 4) is 0 Å². The zero-order valence-corrected chi connectivity index (χ0v) is 9.63. The molecule has 1 aromatic rings. The first-order chi connectivity index (χ1) is 7.93. The maximum atomic E-state index is 3.68. The van der Waals surface area contributed by atoms with Gasteiger partial charge in [0.2, 0.25) is 5.84 Å². The molecule has 1 aliphatic heterocycles. The van der Waals surface area contributed by atoms with Gasteiger partial charge in [-0.3, -0.25) is 10.3 Å². The van der Waals surface area contributed by atoms with Crippen LogP contribution in [-0.2, 0) is 6.42 Å². The molecule has 0 radical (unpaired) electrons. The van der Waals surface area contributed by atoms with Crippen LogP contribution < -0.4 is 10.3 Å². The molecule has 1 aromatic carbocycles. The number of amidine groups is 1. The molecule has 0 spiro atoms. The molecule has 0 unspecified atom stereocenters. The monoisotopic (exact) mass is 215 g/mol. The van der Waals surface area contributed by atoms with Gasteiger partial charge in [-0.25, -0.2) is 0 Å². The first kappa shape index (κ1) is 9.88. The molecular formula is C14H19N2+. The third-order valence-corrected chi connectivity index (χ3v) is 3.66. The molecule has 2 nitrogen and oxygen atoms in total. The lowest BCUT2D eigenvalue weighted by atomic mass is 9.87. The van der Waals surface area contributed by atoms with E-state index >= 15 is 0 Å². The average molecular weight is 215 g/mol. The molecular weight excluding hydrogens is 196 g/mol. The van der Waals surface area contributed by atoms with Crippen LogP contribution in [0.2, 0.25) is 0 Å². The molecule has 16 heavy (non-hydrogen) atoms. The van der Waals surface area contributed by atoms with E-state index in [0.717, 1.165) is 6.54 Å². The number of aryl methyl sites for hydroxylation is 1. The highest BCUT2D eigenvalue weighted by Crippen LogP contribution is 2.29. The van der Waals surface area contributed by atoms with E-state index in [2.05, 4.69) is 34.6 Å². The molecule has 0 saturated carbocycles. The lowest BCUT2D eigenvalue weighted by molar-refractivity contribution is -0.449. The summed E-state index contributed by atoms with van der Waals surface area (Å²) in [6, 6.07) is 9.40. The van der Waals surface area contributed by atoms with Crippen molar-refractivity contribution in [2.45, 2.75) is 38.1 Å². The minimum Gasteiger partial charge on any atom is -0.279 e. The molecule has 0 aromatic heterocycles. The summed E-state index contributed by atoms with van der Waals surface area (Å²) in [5.74, 6) is 1.35. The summed E-state index contributed by atoms with van der Waals surface area (Å²) in [7, 11) is 0. The van der Waals surface area contributed by atoms with Gasteiger partial charge in [0.1, 0.15) is 6.04 Å². The molecule has 3 rings (SSSR count). The second kappa shape index (κ2) is 4.28. The summed E-state index contributed by atoms with van der Waals surface area (Å²) in [5.41, 5.74) is 3.04. The van der Waals surface area contributed by atoms with Gasteiger partial charge in [-0.05, 0) is 36.8 Å². The van der Waals surface area contributed by atoms with E-state index in [0.29, 0.717) is 6.04 Å². The summed E-state index contributed by atoms with van der Waals surface area (Å²) in [5, 5.41) is 3.68. The third-order valence-electron chi connectivity index (χ3n) is 3.66. The molecule has 0 bridgehead atoms. The average Bonchev–Trinajstić information content (AvgIpc) is 2.82. The predicted molar refractivity (Wildman–Crippen MR) is 65.3 cm³/mol. The Labute approximate surface area is 96.8 Å². The van der Waals surface area contributed by atoms with Gasteiger partial charge < -0.3 is 0 Å². The summed E-state index contributed by atoms with van der Waals surface area (Å²) in [6.45, 7) is 1.14. The maximum Gasteiger partial charge on any atom is 0.243 e. The van der Waals surface area contributed by atoms with Crippen LogP contribution in [0.4, 0.5) is 0 Å². The molecule has 2 heteroatoms. The zero-order valence-electron chi connectivity index (χ0n) is 9.63. The minimum atomic E-state index is 0.533. The lowest BCUT2D eigenvalue weighted by Gasteiger charge is -2.23. The van der Waals surface area contributed by atoms with Gasteiger partial charge in [0.25, 0.3) is 0 Å². The van der Waals surface area contributed by atoms with Gasteiger partial charge in [-0.15, -0.1) is 0 Å². The van der Waals surface area contributed by atoms with E-state index in [1.807, 2.05) is 0 Å². The number of nitrogens with one attached hydrogen (secondary N) is 2. The zero-order chi connectivity index (χ0) is 10.8. The number of hydrogen-bond acceptors (Lipinski definition) is 1. The highest BCUT2D eigenvalue weighted by Gasteiger charge is 2.25. The smallest absolute Gasteiger partial charge is 0.243 e. The molecule has 1 aliphatic carbocycles. The second-order valence-electron chi connectivity index (χ2n) is 4.80. The molecule has 2 aliphatic rings. The van der Waals surface area contributed by atoms with Crippen LogP contribution in [0.5, 0.6) is 0 Å². The Bertz CT molecular complexity index is 409. The van der Waals surface area contributed by atoms with Crippen molar-refractivity contribution in [3.05, 3.63) is 35.4 Å². The van der Waals surface area contributed by atoms with Crippen molar-refractivity contribution in [1.29, 1.82) is 0 Å². The fourth-order valence-electron chi connectivity index (χ4n) is 2.83. The van der Waals surface area contributed by atoms with E-state index in [4.69, 9.17) is 0 Å². The number of rotatable bonds is 1. The molecule has 0 saturated heterocycles. The Morgan fingerprint density at radius 1 is 1.12 bits per heavy atom. The Morgan fingerprint density at radius 2 is 2.06 bits per heavy atom. The largest absolute Gasteiger partial charge is 0.279 e. The molecule has 1 atom stereocenters. The Balaban J connectivity index is 1.81. The van der Waals surface area contributed by atoms with E-state index < -0.39 is 0 Å². The molecule has 2 N–H and O–H groups in total. The van der Waals surface area contributed by atoms with Crippen molar-refractivity contribution in [3.63, 3.8) is 0 Å². The van der Waals surface area contributed by atoms with E-state index in [9.17, 15) is 0 Å². The van der Waals surface area contributed by atoms with Crippen molar-refractivity contribution in [2.75, 3.05) is 6.54 Å². The Morgan fingerprint density at radius 3 is 2.94 bits per heavy atom. The van der Waals surface area contributed by atoms with Crippen LogP contribution in [-0.4, -0.2) is 12.4 Å². The van der Waals surface area contributed by atoms with Crippen molar-refractivity contribution in [1.82, 2.24) is 5.32 Å². The fourth-order valence-corrected chi connectivity index (χ4v) is 2.83. The van der Waals surface area contributed by atoms with Crippen LogP contribution in [0, 0.1) is 0 Å². The SMILES string of the molecule is c1ccc2c(c1)CCC[C@@H]2NC1=[NH+]CCC1. The Hall–Kier alpha value is -1.31. The van der Waals surface area contributed by atoms with Gasteiger partial charge in [0.15, 0.2) is 0 Å². The van der Waals surface area contributed by atoms with Gasteiger partial charge in [0, 0.05) is 0 Å². The first-order valence-corrected chi connectivity index (χ1v) is 6.37. The van der Waals surface area contributed by atoms with E-state index in [1.165, 1.54) is 49.1 Å². The van der Waals surface area contributed by atoms with Crippen LogP contribution in [0.15, 0.2) is 24.3 Å². The van der Waals surface area contributed by atoms with Crippen LogP contribution in [0.25, 0.3) is 0 Å². The van der Waals surface area contributed by atoms with Gasteiger partial charge in [-0.1, -0.05) is 24.3 Å². The topological polar surface area (TPSA) is 26.0 Å². The van der Waals surface area contributed by atoms with E-state index in [-0.39, 0.29) is 0 Å². The summed E-state index contributed by atoms with van der Waals surface area (Å²) in [6.07, 6.45) is 6.29. The number of benzene rings is 1. The summed E-state index contributed by atoms with van der Waals surface area (Å²) >= 11 is 0. The van der Waals surface area contributed by atoms with Crippen LogP contribution >= 0.6 is 0 Å². The van der Waals surface area contributed by atoms with Crippen LogP contribution in [0.3, 0.4) is 0 Å². The highest BCUT2D eigenvalue weighted by molar-refractivity contribution is 5.77. The number of fused-ring (bicyclic) bond motifs is 1. The predicted octanol–water partition coefficient (Wildman–Crippen LogP) is 0.926. The Kier molecular flexibility index (Phi) is 2.65. The molecule has 0 fully saturated rings. The van der Waals surface area contributed by atoms with E-state index in [1.54, 1.807) is 0 Å². The molecule has 84 valence electrons. The molecule has 1 heterocycles. The number of hydrogen-bond donors (Lipinski definition) is 2. The minimum absolute atomic E-state index is 0.533. The summed E-state index contributed by atoms with van der Waals surface area (Å²) in [4.78, 5) is 3.44. The second-order valence-corrected chi connectivity index (χ2v) is 4.80. The van der Waals surface area contributed by atoms with Gasteiger partial charge >= 0.3 is 0 Å². The molecule has 0 amide bonds. The fraction of sp³-hybridized carbons (Fsp3) is 0.500. The quantitative estimate of drug-likeness (QED) is 0.716. The summed E-state index contributed by atoms with van der Waals surface area (Å²) < 4.78 is 0. The standard InChI is InChI=1S/C14H18N2/c1-2-7-12-11(5-1)6-3-8-13(12)16-14-9-4-10-15-14/h1-2,5,7,13H,3-4,6,8-10H2,(H,15,16)/p+1/t13-/m0/s1. The van der Waals surface area contributed by atoms with Gasteiger partial charge in [0.05, 0.1) is 13.0 Å². The van der Waals surface area contributed by atoms with Crippen molar-refractivity contribution >= 4 is 5.84 Å². The van der Waals surface area contributed by atoms with Crippen LogP contribution in [0.1, 0.15) is 42.9 Å². The third kappa shape index (κ3) is 1.84. The normalized spacial score (nSPS) is 23.8. The van der Waals surface area contributed by atoms with Crippen molar-refractivity contribution < 1.29 is 4.99 Å². The highest BCUT2D eigenvalue weighted by atomic mass is 15.0. The maximum absolute atomic E-state index is 3.68. The van der Waals surface area contributed by atoms with Crippen molar-refractivity contribution in [2.24, 2.45) is 0 Å². The first-order valence-electron chi connectivity index (χ1n) is 6.37. The lowest BCUT2D eigenvalue weighted by Crippen LogP contribution is -2.72.